The lowest BCUT2D eigenvalue weighted by Gasteiger charge is -2.54. The van der Waals surface area contributed by atoms with Crippen molar-refractivity contribution in [2.75, 3.05) is 19.6 Å². The van der Waals surface area contributed by atoms with Gasteiger partial charge in [0.25, 0.3) is 0 Å². The Balaban J connectivity index is 2.19. The molecule has 0 spiro atoms. The molecular weight excluding hydrogens is 238 g/mol. The second-order valence-electron chi connectivity index (χ2n) is 7.95. The Bertz CT molecular complexity index is 353. The van der Waals surface area contributed by atoms with Gasteiger partial charge in [0.05, 0.1) is 6.54 Å². The van der Waals surface area contributed by atoms with Crippen LogP contribution in [0.2, 0.25) is 0 Å². The third-order valence-electron chi connectivity index (χ3n) is 4.45. The number of piperazine rings is 1. The maximum atomic E-state index is 11.9. The van der Waals surface area contributed by atoms with Gasteiger partial charge in [0.2, 0.25) is 5.91 Å². The highest BCUT2D eigenvalue weighted by Gasteiger charge is 2.44. The largest absolute Gasteiger partial charge is 0.351 e. The topological polar surface area (TPSA) is 35.6 Å². The van der Waals surface area contributed by atoms with Crippen LogP contribution in [0.3, 0.4) is 0 Å². The van der Waals surface area contributed by atoms with Crippen LogP contribution in [0.4, 0.5) is 0 Å². The van der Waals surface area contributed by atoms with Crippen LogP contribution in [0.5, 0.6) is 0 Å². The number of amides is 1. The number of carbonyl (C=O) groups excluding carboxylic acids is 1. The first-order valence-corrected chi connectivity index (χ1v) is 7.40. The quantitative estimate of drug-likeness (QED) is 0.722. The minimum absolute atomic E-state index is 0.0432. The average Bonchev–Trinajstić information content (AvgIpc) is 2.24. The number of carbonyl (C=O) groups is 1. The summed E-state index contributed by atoms with van der Waals surface area (Å²) < 4.78 is 0. The molecule has 2 rings (SSSR count). The maximum absolute atomic E-state index is 11.9. The zero-order chi connectivity index (χ0) is 14.4. The van der Waals surface area contributed by atoms with Crippen LogP contribution in [0, 0.1) is 0 Å². The van der Waals surface area contributed by atoms with Gasteiger partial charge < -0.3 is 5.32 Å². The number of nitrogens with one attached hydrogen (secondary N) is 1. The normalized spacial score (nSPS) is 30.9. The number of hydrogen-bond donors (Lipinski definition) is 1. The van der Waals surface area contributed by atoms with E-state index in [-0.39, 0.29) is 17.0 Å². The Hall–Kier alpha value is -0.610. The molecule has 2 atom stereocenters. The first kappa shape index (κ1) is 14.8. The molecule has 2 aliphatic heterocycles. The maximum Gasteiger partial charge on any atom is 0.234 e. The number of hydrogen-bond acceptors (Lipinski definition) is 3. The molecule has 4 heteroatoms. The van der Waals surface area contributed by atoms with E-state index >= 15 is 0 Å². The molecule has 0 aliphatic carbocycles. The van der Waals surface area contributed by atoms with Gasteiger partial charge in [-0.15, -0.1) is 0 Å². The van der Waals surface area contributed by atoms with Crippen LogP contribution in [0.15, 0.2) is 0 Å². The molecule has 2 saturated heterocycles. The fraction of sp³-hybridized carbons (Fsp3) is 0.933. The smallest absolute Gasteiger partial charge is 0.234 e. The summed E-state index contributed by atoms with van der Waals surface area (Å²) in [6.07, 6.45) is 1.06. The molecule has 0 radical (unpaired) electrons. The van der Waals surface area contributed by atoms with Crippen LogP contribution >= 0.6 is 0 Å². The molecule has 110 valence electrons. The van der Waals surface area contributed by atoms with Crippen molar-refractivity contribution >= 4 is 5.91 Å². The van der Waals surface area contributed by atoms with Crippen molar-refractivity contribution in [2.45, 2.75) is 71.1 Å². The Morgan fingerprint density at radius 3 is 2.26 bits per heavy atom. The molecule has 0 bridgehead atoms. The van der Waals surface area contributed by atoms with Gasteiger partial charge in [-0.1, -0.05) is 0 Å². The fourth-order valence-electron chi connectivity index (χ4n) is 3.28. The highest BCUT2D eigenvalue weighted by Crippen LogP contribution is 2.29. The highest BCUT2D eigenvalue weighted by atomic mass is 16.2. The Morgan fingerprint density at radius 1 is 1.11 bits per heavy atom. The van der Waals surface area contributed by atoms with E-state index in [1.165, 1.54) is 0 Å². The zero-order valence-corrected chi connectivity index (χ0v) is 13.3. The Morgan fingerprint density at radius 2 is 1.74 bits per heavy atom. The van der Waals surface area contributed by atoms with Crippen LogP contribution in [-0.4, -0.2) is 58.5 Å². The van der Waals surface area contributed by atoms with Gasteiger partial charge in [0, 0.05) is 36.3 Å². The van der Waals surface area contributed by atoms with Crippen molar-refractivity contribution < 1.29 is 4.79 Å². The SMILES string of the molecule is CC(C)(C)N1CCC2NC(=O)CN(C(C)(C)C)C2C1. The van der Waals surface area contributed by atoms with Gasteiger partial charge in [-0.2, -0.15) is 0 Å². The summed E-state index contributed by atoms with van der Waals surface area (Å²) in [7, 11) is 0. The highest BCUT2D eigenvalue weighted by molar-refractivity contribution is 5.79. The van der Waals surface area contributed by atoms with Crippen molar-refractivity contribution in [3.05, 3.63) is 0 Å². The van der Waals surface area contributed by atoms with E-state index in [4.69, 9.17) is 0 Å². The third-order valence-corrected chi connectivity index (χ3v) is 4.45. The zero-order valence-electron chi connectivity index (χ0n) is 13.3. The summed E-state index contributed by atoms with van der Waals surface area (Å²) in [6.45, 7) is 16.1. The van der Waals surface area contributed by atoms with Crippen LogP contribution in [-0.2, 0) is 4.79 Å². The summed E-state index contributed by atoms with van der Waals surface area (Å²) in [4.78, 5) is 16.8. The molecule has 1 amide bonds. The molecule has 2 heterocycles. The van der Waals surface area contributed by atoms with E-state index in [1.54, 1.807) is 0 Å². The molecule has 2 fully saturated rings. The molecule has 1 N–H and O–H groups in total. The van der Waals surface area contributed by atoms with Crippen LogP contribution in [0.1, 0.15) is 48.0 Å². The van der Waals surface area contributed by atoms with Crippen LogP contribution in [0.25, 0.3) is 0 Å². The second-order valence-corrected chi connectivity index (χ2v) is 7.95. The summed E-state index contributed by atoms with van der Waals surface area (Å²) in [5.74, 6) is 0.181. The minimum atomic E-state index is 0.0432. The predicted molar refractivity (Wildman–Crippen MR) is 78.1 cm³/mol. The summed E-state index contributed by atoms with van der Waals surface area (Å²) in [6, 6.07) is 0.754. The molecule has 0 aromatic carbocycles. The Labute approximate surface area is 117 Å². The lowest BCUT2D eigenvalue weighted by molar-refractivity contribution is -0.133. The Kier molecular flexibility index (Phi) is 3.69. The van der Waals surface area contributed by atoms with E-state index in [0.717, 1.165) is 19.5 Å². The standard InChI is InChI=1S/C15H29N3O/c1-14(2,3)17-8-7-11-12(9-17)18(15(4,5)6)10-13(19)16-11/h11-12H,7-10H2,1-6H3,(H,16,19). The van der Waals surface area contributed by atoms with Gasteiger partial charge in [0.15, 0.2) is 0 Å². The summed E-state index contributed by atoms with van der Waals surface area (Å²) in [5, 5.41) is 3.19. The molecule has 2 unspecified atom stereocenters. The molecule has 0 saturated carbocycles. The van der Waals surface area contributed by atoms with Crippen molar-refractivity contribution in [3.8, 4) is 0 Å². The first-order valence-electron chi connectivity index (χ1n) is 7.40. The van der Waals surface area contributed by atoms with E-state index < -0.39 is 0 Å². The van der Waals surface area contributed by atoms with E-state index in [2.05, 4.69) is 56.7 Å². The monoisotopic (exact) mass is 267 g/mol. The molecule has 0 aromatic heterocycles. The molecular formula is C15H29N3O. The van der Waals surface area contributed by atoms with Crippen molar-refractivity contribution in [1.82, 2.24) is 15.1 Å². The van der Waals surface area contributed by atoms with Crippen LogP contribution < -0.4 is 5.32 Å². The number of fused-ring (bicyclic) bond motifs is 1. The average molecular weight is 267 g/mol. The minimum Gasteiger partial charge on any atom is -0.351 e. The number of nitrogens with zero attached hydrogens (tertiary/aromatic N) is 2. The number of rotatable bonds is 0. The molecule has 4 nitrogen and oxygen atoms in total. The van der Waals surface area contributed by atoms with E-state index in [1.807, 2.05) is 0 Å². The van der Waals surface area contributed by atoms with Gasteiger partial charge in [0.1, 0.15) is 0 Å². The van der Waals surface area contributed by atoms with Gasteiger partial charge in [-0.05, 0) is 48.0 Å². The molecule has 19 heavy (non-hydrogen) atoms. The molecule has 2 aliphatic rings. The molecule has 0 aromatic rings. The van der Waals surface area contributed by atoms with E-state index in [9.17, 15) is 4.79 Å². The van der Waals surface area contributed by atoms with Gasteiger partial charge in [-0.25, -0.2) is 0 Å². The fourth-order valence-corrected chi connectivity index (χ4v) is 3.28. The summed E-state index contributed by atoms with van der Waals surface area (Å²) in [5.41, 5.74) is 0.248. The van der Waals surface area contributed by atoms with Crippen molar-refractivity contribution in [1.29, 1.82) is 0 Å². The van der Waals surface area contributed by atoms with Crippen molar-refractivity contribution in [3.63, 3.8) is 0 Å². The number of piperidine rings is 1. The second kappa shape index (κ2) is 4.74. The van der Waals surface area contributed by atoms with Gasteiger partial charge in [-0.3, -0.25) is 14.6 Å². The number of likely N-dealkylation sites (tertiary alicyclic amines) is 1. The van der Waals surface area contributed by atoms with E-state index in [0.29, 0.717) is 18.6 Å². The lowest BCUT2D eigenvalue weighted by Crippen LogP contribution is -2.71. The third kappa shape index (κ3) is 3.11. The first-order chi connectivity index (χ1) is 8.59. The predicted octanol–water partition coefficient (Wildman–Crippen LogP) is 1.46. The summed E-state index contributed by atoms with van der Waals surface area (Å²) >= 11 is 0. The lowest BCUT2D eigenvalue weighted by atomic mass is 9.88. The van der Waals surface area contributed by atoms with Crippen molar-refractivity contribution in [2.24, 2.45) is 0 Å². The van der Waals surface area contributed by atoms with Gasteiger partial charge >= 0.3 is 0 Å².